The van der Waals surface area contributed by atoms with Crippen molar-refractivity contribution < 1.29 is 9.90 Å². The zero-order valence-electron chi connectivity index (χ0n) is 10.7. The van der Waals surface area contributed by atoms with Gasteiger partial charge in [0.1, 0.15) is 0 Å². The van der Waals surface area contributed by atoms with Crippen LogP contribution in [0.1, 0.15) is 51.0 Å². The van der Waals surface area contributed by atoms with Crippen LogP contribution < -0.4 is 5.32 Å². The van der Waals surface area contributed by atoms with Crippen LogP contribution >= 0.6 is 11.3 Å². The Kier molecular flexibility index (Phi) is 5.15. The second-order valence-electron chi connectivity index (χ2n) is 5.22. The van der Waals surface area contributed by atoms with Crippen LogP contribution in [0.15, 0.2) is 17.5 Å². The van der Waals surface area contributed by atoms with Crippen molar-refractivity contribution in [3.63, 3.8) is 0 Å². The summed E-state index contributed by atoms with van der Waals surface area (Å²) >= 11 is 1.55. The second kappa shape index (κ2) is 6.17. The van der Waals surface area contributed by atoms with E-state index in [9.17, 15) is 9.90 Å². The van der Waals surface area contributed by atoms with Gasteiger partial charge in [-0.1, -0.05) is 6.07 Å². The van der Waals surface area contributed by atoms with Crippen LogP contribution in [-0.2, 0) is 4.79 Å². The quantitative estimate of drug-likeness (QED) is 0.850. The first-order valence-electron chi connectivity index (χ1n) is 5.91. The average Bonchev–Trinajstić information content (AvgIpc) is 2.66. The summed E-state index contributed by atoms with van der Waals surface area (Å²) in [5.74, 6) is 0.0517. The summed E-state index contributed by atoms with van der Waals surface area (Å²) in [7, 11) is 0. The highest BCUT2D eigenvalue weighted by Gasteiger charge is 2.14. The van der Waals surface area contributed by atoms with Crippen molar-refractivity contribution >= 4 is 17.2 Å². The number of amides is 1. The molecule has 1 rings (SSSR count). The highest BCUT2D eigenvalue weighted by atomic mass is 32.1. The Morgan fingerprint density at radius 1 is 1.53 bits per heavy atom. The van der Waals surface area contributed by atoms with E-state index in [1.54, 1.807) is 11.3 Å². The molecule has 1 aromatic heterocycles. The average molecular weight is 255 g/mol. The molecule has 1 heterocycles. The van der Waals surface area contributed by atoms with E-state index in [4.69, 9.17) is 0 Å². The number of nitrogens with one attached hydrogen (secondary N) is 1. The lowest BCUT2D eigenvalue weighted by atomic mass is 10.1. The molecular weight excluding hydrogens is 234 g/mol. The summed E-state index contributed by atoms with van der Waals surface area (Å²) in [5, 5.41) is 14.7. The maximum atomic E-state index is 11.5. The van der Waals surface area contributed by atoms with Gasteiger partial charge in [0.25, 0.3) is 0 Å². The van der Waals surface area contributed by atoms with Gasteiger partial charge in [0.05, 0.1) is 6.10 Å². The highest BCUT2D eigenvalue weighted by molar-refractivity contribution is 7.10. The van der Waals surface area contributed by atoms with Crippen LogP contribution in [0.4, 0.5) is 0 Å². The van der Waals surface area contributed by atoms with E-state index in [1.807, 2.05) is 38.3 Å². The Morgan fingerprint density at radius 2 is 2.24 bits per heavy atom. The molecule has 0 aliphatic heterocycles. The largest absolute Gasteiger partial charge is 0.388 e. The van der Waals surface area contributed by atoms with Crippen LogP contribution in [0, 0.1) is 0 Å². The molecule has 1 unspecified atom stereocenters. The molecule has 0 saturated heterocycles. The minimum atomic E-state index is -0.433. The first-order valence-corrected chi connectivity index (χ1v) is 6.79. The molecule has 0 fully saturated rings. The van der Waals surface area contributed by atoms with Crippen LogP contribution in [0.2, 0.25) is 0 Å². The van der Waals surface area contributed by atoms with E-state index < -0.39 is 6.10 Å². The lowest BCUT2D eigenvalue weighted by Gasteiger charge is -2.20. The number of hydrogen-bond donors (Lipinski definition) is 2. The zero-order valence-corrected chi connectivity index (χ0v) is 11.5. The monoisotopic (exact) mass is 255 g/mol. The van der Waals surface area contributed by atoms with E-state index >= 15 is 0 Å². The molecule has 0 aliphatic carbocycles. The Balaban J connectivity index is 2.22. The van der Waals surface area contributed by atoms with Gasteiger partial charge in [-0.3, -0.25) is 4.79 Å². The Bertz CT molecular complexity index is 341. The first kappa shape index (κ1) is 14.2. The van der Waals surface area contributed by atoms with Gasteiger partial charge >= 0.3 is 0 Å². The van der Waals surface area contributed by atoms with E-state index in [2.05, 4.69) is 5.32 Å². The number of hydrogen-bond acceptors (Lipinski definition) is 3. The van der Waals surface area contributed by atoms with Crippen LogP contribution in [0.25, 0.3) is 0 Å². The third-order valence-electron chi connectivity index (χ3n) is 2.27. The molecule has 0 saturated carbocycles. The fourth-order valence-electron chi connectivity index (χ4n) is 1.56. The van der Waals surface area contributed by atoms with E-state index in [1.165, 1.54) is 0 Å². The smallest absolute Gasteiger partial charge is 0.220 e. The van der Waals surface area contributed by atoms with Gasteiger partial charge in [0, 0.05) is 16.8 Å². The third kappa shape index (κ3) is 5.84. The third-order valence-corrected chi connectivity index (χ3v) is 3.24. The van der Waals surface area contributed by atoms with E-state index in [-0.39, 0.29) is 11.4 Å². The summed E-state index contributed by atoms with van der Waals surface area (Å²) in [6, 6.07) is 3.85. The number of aliphatic hydroxyl groups excluding tert-OH is 1. The maximum Gasteiger partial charge on any atom is 0.220 e. The molecule has 17 heavy (non-hydrogen) atoms. The number of carbonyl (C=O) groups excluding carboxylic acids is 1. The minimum absolute atomic E-state index is 0.0517. The fourth-order valence-corrected chi connectivity index (χ4v) is 2.31. The first-order chi connectivity index (χ1) is 7.88. The van der Waals surface area contributed by atoms with Crippen LogP contribution in [0.5, 0.6) is 0 Å². The van der Waals surface area contributed by atoms with Gasteiger partial charge in [-0.25, -0.2) is 0 Å². The topological polar surface area (TPSA) is 49.3 Å². The molecule has 0 bridgehead atoms. The molecule has 0 spiro atoms. The Hall–Kier alpha value is -0.870. The van der Waals surface area contributed by atoms with Crippen LogP contribution in [0.3, 0.4) is 0 Å². The van der Waals surface area contributed by atoms with Gasteiger partial charge in [-0.2, -0.15) is 0 Å². The SMILES string of the molecule is CC(C)(C)NC(=O)CCCC(O)c1cccs1. The molecular formula is C13H21NO2S. The van der Waals surface area contributed by atoms with E-state index in [0.717, 1.165) is 4.88 Å². The molecule has 1 amide bonds. The summed E-state index contributed by atoms with van der Waals surface area (Å²) in [5.41, 5.74) is -0.177. The van der Waals surface area contributed by atoms with Crippen molar-refractivity contribution in [1.82, 2.24) is 5.32 Å². The summed E-state index contributed by atoms with van der Waals surface area (Å²) < 4.78 is 0. The normalized spacial score (nSPS) is 13.4. The molecule has 0 aliphatic rings. The van der Waals surface area contributed by atoms with Gasteiger partial charge < -0.3 is 10.4 Å². The lowest BCUT2D eigenvalue weighted by molar-refractivity contribution is -0.122. The molecule has 0 aromatic carbocycles. The summed E-state index contributed by atoms with van der Waals surface area (Å²) in [6.07, 6.45) is 1.39. The number of thiophene rings is 1. The Morgan fingerprint density at radius 3 is 2.76 bits per heavy atom. The number of carbonyl (C=O) groups is 1. The summed E-state index contributed by atoms with van der Waals surface area (Å²) in [6.45, 7) is 5.89. The standard InChI is InChI=1S/C13H21NO2S/c1-13(2,3)14-12(16)8-4-6-10(15)11-7-5-9-17-11/h5,7,9-10,15H,4,6,8H2,1-3H3,(H,14,16). The molecule has 0 radical (unpaired) electrons. The Labute approximate surface area is 107 Å². The van der Waals surface area contributed by atoms with Gasteiger partial charge in [-0.15, -0.1) is 11.3 Å². The molecule has 1 atom stereocenters. The maximum absolute atomic E-state index is 11.5. The zero-order chi connectivity index (χ0) is 12.9. The van der Waals surface area contributed by atoms with Crippen molar-refractivity contribution in [2.75, 3.05) is 0 Å². The van der Waals surface area contributed by atoms with Gasteiger partial charge in [0.15, 0.2) is 0 Å². The van der Waals surface area contributed by atoms with Gasteiger partial charge in [-0.05, 0) is 45.1 Å². The van der Waals surface area contributed by atoms with Crippen molar-refractivity contribution in [2.24, 2.45) is 0 Å². The number of aliphatic hydroxyl groups is 1. The summed E-state index contributed by atoms with van der Waals surface area (Å²) in [4.78, 5) is 12.5. The predicted octanol–water partition coefficient (Wildman–Crippen LogP) is 2.87. The van der Waals surface area contributed by atoms with Crippen molar-refractivity contribution in [3.05, 3.63) is 22.4 Å². The second-order valence-corrected chi connectivity index (χ2v) is 6.20. The van der Waals surface area contributed by atoms with Crippen molar-refractivity contribution in [1.29, 1.82) is 0 Å². The predicted molar refractivity (Wildman–Crippen MR) is 71.0 cm³/mol. The number of rotatable bonds is 5. The van der Waals surface area contributed by atoms with Gasteiger partial charge in [0.2, 0.25) is 5.91 Å². The molecule has 3 nitrogen and oxygen atoms in total. The molecule has 2 N–H and O–H groups in total. The van der Waals surface area contributed by atoms with Crippen LogP contribution in [-0.4, -0.2) is 16.6 Å². The fraction of sp³-hybridized carbons (Fsp3) is 0.615. The molecule has 96 valence electrons. The minimum Gasteiger partial charge on any atom is -0.388 e. The molecule has 1 aromatic rings. The van der Waals surface area contributed by atoms with Crippen molar-refractivity contribution in [2.45, 2.75) is 51.7 Å². The van der Waals surface area contributed by atoms with E-state index in [0.29, 0.717) is 19.3 Å². The lowest BCUT2D eigenvalue weighted by Crippen LogP contribution is -2.40. The molecule has 4 heteroatoms. The highest BCUT2D eigenvalue weighted by Crippen LogP contribution is 2.23. The van der Waals surface area contributed by atoms with Crippen molar-refractivity contribution in [3.8, 4) is 0 Å².